The van der Waals surface area contributed by atoms with Gasteiger partial charge in [-0.05, 0) is 247 Å². The molecule has 568 valence electrons. The van der Waals surface area contributed by atoms with Crippen LogP contribution in [-0.4, -0.2) is 79.6 Å². The second-order valence-electron chi connectivity index (χ2n) is 31.6. The zero-order valence-electron chi connectivity index (χ0n) is 61.2. The Bertz CT molecular complexity index is 4990. The van der Waals surface area contributed by atoms with Crippen LogP contribution in [0.2, 0.25) is 15.1 Å². The summed E-state index contributed by atoms with van der Waals surface area (Å²) in [6.07, 6.45) is 21.3. The van der Waals surface area contributed by atoms with Crippen molar-refractivity contribution in [1.29, 1.82) is 0 Å². The average Bonchev–Trinajstić information content (AvgIpc) is 1.08. The van der Waals surface area contributed by atoms with Gasteiger partial charge in [-0.25, -0.2) is 53.5 Å². The molecular weight excluding hydrogens is 1460 g/mol. The molecule has 3 aromatic heterocycles. The molecule has 1 saturated heterocycles. The van der Waals surface area contributed by atoms with E-state index in [1.54, 1.807) is 30.3 Å². The van der Waals surface area contributed by atoms with Gasteiger partial charge in [-0.15, -0.1) is 0 Å². The van der Waals surface area contributed by atoms with Crippen LogP contribution in [0.25, 0.3) is 23.1 Å². The normalized spacial score (nSPS) is 21.8. The van der Waals surface area contributed by atoms with Gasteiger partial charge in [-0.3, -0.25) is 9.59 Å². The second kappa shape index (κ2) is 32.1. The first kappa shape index (κ1) is 76.7. The van der Waals surface area contributed by atoms with Crippen molar-refractivity contribution in [1.82, 2.24) is 44.3 Å². The van der Waals surface area contributed by atoms with E-state index in [2.05, 4.69) is 47.1 Å². The van der Waals surface area contributed by atoms with E-state index in [0.29, 0.717) is 82.8 Å². The number of benzene rings is 6. The standard InChI is InChI=1S/C31H34F3N3O.C29H32Cl3N3O2S.C25H24F3N3O/c1-30(2)20-11-13-31(3,14-12-20)29(30)35-28(38)26-23-9-7-19(15-18-5-4-6-21(32)16-18)27(23)37(36-26)25-10-8-22(33)17-24(25)34;1-19(21-7-3-2-4-8-21)34-38(36,37)15-14-27-25-12-10-22(16-20-6-5-9-23(30)17-20)29(25)35(33-27)28-13-11-24(31)18-26(28)32;26-18-6-4-5-16(14-18)13-17-7-9-20-23(25(32)30-11-2-1-3-12-30)29-31(24(17)20)22-10-8-19(27)15-21(22)28/h4-6,8,10,16-17,19-20,29H,7,9,11-15H2,1-3H3,(H,35,38);5-6,9,11,13-15,17-19,21-22,34H,2-4,7-8,10,12,16H2,1H3;4-6,8,10,14-15,17H,1-3,7,9,11-13H2/b;15-14+;/t19?,20?,29-,31?;19-,22?;/m11./s1. The summed E-state index contributed by atoms with van der Waals surface area (Å²) in [4.78, 5) is 29.0. The molecule has 17 rings (SSSR count). The molecular formula is C85H90Cl3F6N9O4S. The molecule has 13 nitrogen and oxygen atoms in total. The monoisotopic (exact) mass is 1550 g/mol. The number of aromatic nitrogens is 6. The van der Waals surface area contributed by atoms with Crippen LogP contribution >= 0.6 is 34.8 Å². The third kappa shape index (κ3) is 16.4. The summed E-state index contributed by atoms with van der Waals surface area (Å²) >= 11 is 19.0. The molecule has 108 heavy (non-hydrogen) atoms. The van der Waals surface area contributed by atoms with Crippen LogP contribution < -0.4 is 10.0 Å². The maximum atomic E-state index is 15.0. The number of fused-ring (bicyclic) bond motifs is 6. The third-order valence-electron chi connectivity index (χ3n) is 24.1. The fraction of sp³-hybridized carbons (Fsp3) is 0.424. The summed E-state index contributed by atoms with van der Waals surface area (Å²) in [5, 5.41) is 20.5. The van der Waals surface area contributed by atoms with E-state index in [4.69, 9.17) is 39.9 Å². The lowest BCUT2D eigenvalue weighted by atomic mass is 9.48. The van der Waals surface area contributed by atoms with Crippen molar-refractivity contribution < 1.29 is 44.3 Å². The number of sulfonamides is 1. The molecule has 0 radical (unpaired) electrons. The Morgan fingerprint density at radius 1 is 0.546 bits per heavy atom. The van der Waals surface area contributed by atoms with Gasteiger partial charge in [0.25, 0.3) is 11.8 Å². The maximum absolute atomic E-state index is 15.0. The summed E-state index contributed by atoms with van der Waals surface area (Å²) in [6.45, 7) is 10.1. The predicted octanol–water partition coefficient (Wildman–Crippen LogP) is 20.0. The first-order valence-electron chi connectivity index (χ1n) is 38.0. The summed E-state index contributed by atoms with van der Waals surface area (Å²) in [5.74, 6) is -2.78. The van der Waals surface area contributed by atoms with E-state index in [-0.39, 0.29) is 75.5 Å². The zero-order chi connectivity index (χ0) is 75.9. The molecule has 6 aromatic carbocycles. The molecule has 2 bridgehead atoms. The van der Waals surface area contributed by atoms with Crippen LogP contribution in [0.4, 0.5) is 26.3 Å². The Hall–Kier alpha value is -8.01. The Kier molecular flexibility index (Phi) is 22.8. The number of likely N-dealkylation sites (tertiary alicyclic amines) is 1. The molecule has 8 aliphatic rings. The summed E-state index contributed by atoms with van der Waals surface area (Å²) in [5.41, 5.74) is 10.3. The van der Waals surface area contributed by atoms with Crippen LogP contribution in [0.1, 0.15) is 219 Å². The molecule has 7 aliphatic carbocycles. The molecule has 0 spiro atoms. The lowest BCUT2D eigenvalue weighted by Gasteiger charge is -2.60. The minimum Gasteiger partial charge on any atom is -0.347 e. The number of carbonyl (C=O) groups excluding carboxylic acids is 2. The van der Waals surface area contributed by atoms with Crippen molar-refractivity contribution in [2.24, 2.45) is 22.7 Å². The smallest absolute Gasteiger partial charge is 0.274 e. The van der Waals surface area contributed by atoms with Crippen LogP contribution in [0.3, 0.4) is 0 Å². The topological polar surface area (TPSA) is 149 Å². The van der Waals surface area contributed by atoms with Crippen molar-refractivity contribution in [3.05, 3.63) is 250 Å². The van der Waals surface area contributed by atoms with E-state index in [0.717, 1.165) is 145 Å². The quantitative estimate of drug-likeness (QED) is 0.0862. The lowest BCUT2D eigenvalue weighted by Crippen LogP contribution is -2.62. The molecule has 23 heteroatoms. The first-order chi connectivity index (χ1) is 51.8. The van der Waals surface area contributed by atoms with Crippen molar-refractivity contribution in [3.8, 4) is 17.1 Å². The number of nitrogens with zero attached hydrogens (tertiary/aromatic N) is 7. The Balaban J connectivity index is 0.000000136. The average molecular weight is 1550 g/mol. The number of nitrogens with one attached hydrogen (secondary N) is 2. The zero-order valence-corrected chi connectivity index (χ0v) is 64.2. The van der Waals surface area contributed by atoms with Gasteiger partial charge in [0, 0.05) is 87.2 Å². The van der Waals surface area contributed by atoms with E-state index in [1.165, 1.54) is 95.4 Å². The lowest BCUT2D eigenvalue weighted by molar-refractivity contribution is -0.0666. The highest BCUT2D eigenvalue weighted by Crippen LogP contribution is 2.59. The highest BCUT2D eigenvalue weighted by molar-refractivity contribution is 7.92. The van der Waals surface area contributed by atoms with Gasteiger partial charge in [0.15, 0.2) is 23.0 Å². The first-order valence-corrected chi connectivity index (χ1v) is 40.7. The summed E-state index contributed by atoms with van der Waals surface area (Å²) in [6, 6.07) is 32.8. The number of hydrogen-bond acceptors (Lipinski definition) is 7. The predicted molar refractivity (Wildman–Crippen MR) is 411 cm³/mol. The van der Waals surface area contributed by atoms with Crippen molar-refractivity contribution in [3.63, 3.8) is 0 Å². The van der Waals surface area contributed by atoms with Crippen molar-refractivity contribution in [2.75, 3.05) is 13.1 Å². The van der Waals surface area contributed by atoms with Gasteiger partial charge in [0.05, 0.1) is 33.5 Å². The van der Waals surface area contributed by atoms with Crippen molar-refractivity contribution >= 4 is 62.7 Å². The molecule has 2 amide bonds. The Labute approximate surface area is 642 Å². The number of carbonyl (C=O) groups is 2. The van der Waals surface area contributed by atoms with Crippen LogP contribution in [0.5, 0.6) is 0 Å². The highest BCUT2D eigenvalue weighted by atomic mass is 35.5. The van der Waals surface area contributed by atoms with Crippen molar-refractivity contribution in [2.45, 2.75) is 192 Å². The minimum atomic E-state index is -3.62. The Morgan fingerprint density at radius 3 is 1.56 bits per heavy atom. The molecule has 1 aliphatic heterocycles. The van der Waals surface area contributed by atoms with E-state index in [9.17, 15) is 44.3 Å². The summed E-state index contributed by atoms with van der Waals surface area (Å²) in [7, 11) is -3.62. The Morgan fingerprint density at radius 2 is 1.03 bits per heavy atom. The molecule has 4 saturated carbocycles. The number of rotatable bonds is 17. The number of hydrogen-bond donors (Lipinski definition) is 2. The van der Waals surface area contributed by atoms with Crippen LogP contribution in [-0.2, 0) is 48.5 Å². The molecule has 3 unspecified atom stereocenters. The van der Waals surface area contributed by atoms with Gasteiger partial charge < -0.3 is 10.2 Å². The third-order valence-corrected chi connectivity index (χ3v) is 26.1. The van der Waals surface area contributed by atoms with Gasteiger partial charge in [-0.2, -0.15) is 15.3 Å². The summed E-state index contributed by atoms with van der Waals surface area (Å²) < 4.78 is 118. The van der Waals surface area contributed by atoms with Gasteiger partial charge in [0.1, 0.15) is 34.6 Å². The number of piperidine rings is 1. The largest absolute Gasteiger partial charge is 0.347 e. The maximum Gasteiger partial charge on any atom is 0.274 e. The van der Waals surface area contributed by atoms with Crippen LogP contribution in [0, 0.1) is 57.6 Å². The molecule has 9 aromatic rings. The second-order valence-corrected chi connectivity index (χ2v) is 34.4. The molecule has 5 atom stereocenters. The minimum absolute atomic E-state index is 0.0165. The molecule has 2 N–H and O–H groups in total. The van der Waals surface area contributed by atoms with Gasteiger partial charge in [-0.1, -0.05) is 111 Å². The molecule has 5 fully saturated rings. The van der Waals surface area contributed by atoms with Crippen LogP contribution in [0.15, 0.2) is 133 Å². The number of halogens is 9. The molecule has 4 heterocycles. The van der Waals surface area contributed by atoms with Gasteiger partial charge in [0.2, 0.25) is 10.0 Å². The van der Waals surface area contributed by atoms with E-state index >= 15 is 0 Å². The fourth-order valence-corrected chi connectivity index (χ4v) is 20.5. The SMILES string of the molecule is CC12CCC(CC1)C(C)(C)[C@H]2NC(=O)c1nn(-c2ccc(F)cc2F)c2c1CCC2Cc1cccc(F)c1.C[C@@H](NS(=O)(=O)/C=C/c1nn(-c2ccc(Cl)cc2Cl)c2c1CCC2Cc1cccc(Cl)c1)C1CCCCC1.O=C(c1nn(-c2ccc(F)cc2F)c2c1CCC2Cc1cccc(F)c1)N1CCCCC1. The fourth-order valence-electron chi connectivity index (χ4n) is 18.7. The van der Waals surface area contributed by atoms with Gasteiger partial charge >= 0.3 is 0 Å². The highest BCUT2D eigenvalue weighted by Gasteiger charge is 2.56. The van der Waals surface area contributed by atoms with E-state index < -0.39 is 33.3 Å². The van der Waals surface area contributed by atoms with E-state index in [1.807, 2.05) is 52.9 Å². The number of amides is 2.